The number of benzene rings is 1. The summed E-state index contributed by atoms with van der Waals surface area (Å²) in [6, 6.07) is 5.23. The molecule has 0 bridgehead atoms. The van der Waals surface area contributed by atoms with Gasteiger partial charge in [-0.15, -0.1) is 0 Å². The van der Waals surface area contributed by atoms with Crippen molar-refractivity contribution in [1.82, 2.24) is 0 Å². The van der Waals surface area contributed by atoms with Crippen LogP contribution in [0, 0.1) is 0 Å². The highest BCUT2D eigenvalue weighted by atomic mass is 35.5. The summed E-state index contributed by atoms with van der Waals surface area (Å²) < 4.78 is 5.95. The van der Waals surface area contributed by atoms with Crippen LogP contribution in [0.1, 0.15) is 39.7 Å². The largest absolute Gasteiger partial charge is 0.382 e. The van der Waals surface area contributed by atoms with Gasteiger partial charge in [0, 0.05) is 6.42 Å². The standard InChI is InChI=1S/C14H18Cl2O2/c1-12(2)8-14(17,13(3,4)18-12)9-5-6-10(15)11(16)7-9/h5-7,17H,8H2,1-4H3. The Bertz CT molecular complexity index is 483. The molecule has 0 spiro atoms. The van der Waals surface area contributed by atoms with Gasteiger partial charge < -0.3 is 9.84 Å². The van der Waals surface area contributed by atoms with Crippen molar-refractivity contribution in [2.24, 2.45) is 0 Å². The van der Waals surface area contributed by atoms with Crippen LogP contribution in [0.2, 0.25) is 10.0 Å². The van der Waals surface area contributed by atoms with Gasteiger partial charge in [0.05, 0.1) is 21.2 Å². The van der Waals surface area contributed by atoms with Crippen molar-refractivity contribution in [2.45, 2.75) is 50.9 Å². The lowest BCUT2D eigenvalue weighted by atomic mass is 9.77. The van der Waals surface area contributed by atoms with Crippen LogP contribution >= 0.6 is 23.2 Å². The van der Waals surface area contributed by atoms with Crippen molar-refractivity contribution < 1.29 is 9.84 Å². The van der Waals surface area contributed by atoms with Crippen molar-refractivity contribution in [3.63, 3.8) is 0 Å². The molecule has 0 radical (unpaired) electrons. The van der Waals surface area contributed by atoms with Gasteiger partial charge in [0.2, 0.25) is 0 Å². The molecule has 1 aromatic carbocycles. The summed E-state index contributed by atoms with van der Waals surface area (Å²) in [7, 11) is 0. The van der Waals surface area contributed by atoms with Crippen LogP contribution in [0.15, 0.2) is 18.2 Å². The number of ether oxygens (including phenoxy) is 1. The predicted molar refractivity (Wildman–Crippen MR) is 74.2 cm³/mol. The maximum atomic E-state index is 11.0. The van der Waals surface area contributed by atoms with Crippen molar-refractivity contribution in [3.05, 3.63) is 33.8 Å². The zero-order valence-corrected chi connectivity index (χ0v) is 12.6. The average molecular weight is 289 g/mol. The van der Waals surface area contributed by atoms with Crippen LogP contribution < -0.4 is 0 Å². The van der Waals surface area contributed by atoms with Crippen LogP contribution in [-0.2, 0) is 10.3 Å². The zero-order valence-electron chi connectivity index (χ0n) is 11.1. The van der Waals surface area contributed by atoms with Gasteiger partial charge in [0.25, 0.3) is 0 Å². The number of aliphatic hydroxyl groups is 1. The van der Waals surface area contributed by atoms with Crippen LogP contribution in [-0.4, -0.2) is 16.3 Å². The number of rotatable bonds is 1. The minimum atomic E-state index is -1.06. The van der Waals surface area contributed by atoms with E-state index in [4.69, 9.17) is 27.9 Å². The van der Waals surface area contributed by atoms with Crippen molar-refractivity contribution >= 4 is 23.2 Å². The second-order valence-corrected chi connectivity index (χ2v) is 6.85. The summed E-state index contributed by atoms with van der Waals surface area (Å²) in [6.07, 6.45) is 0.519. The van der Waals surface area contributed by atoms with E-state index in [2.05, 4.69) is 0 Å². The van der Waals surface area contributed by atoms with Crippen molar-refractivity contribution in [1.29, 1.82) is 0 Å². The lowest BCUT2D eigenvalue weighted by molar-refractivity contribution is -0.129. The second kappa shape index (κ2) is 4.11. The first kappa shape index (κ1) is 14.1. The van der Waals surface area contributed by atoms with Gasteiger partial charge in [-0.1, -0.05) is 29.3 Å². The quantitative estimate of drug-likeness (QED) is 0.841. The predicted octanol–water partition coefficient (Wildman–Crippen LogP) is 4.16. The molecule has 2 rings (SSSR count). The third-order valence-electron chi connectivity index (χ3n) is 3.61. The highest BCUT2D eigenvalue weighted by molar-refractivity contribution is 6.42. The second-order valence-electron chi connectivity index (χ2n) is 6.04. The molecule has 1 N–H and O–H groups in total. The monoisotopic (exact) mass is 288 g/mol. The molecular formula is C14H18Cl2O2. The third-order valence-corrected chi connectivity index (χ3v) is 4.35. The molecule has 1 aromatic rings. The van der Waals surface area contributed by atoms with Crippen LogP contribution in [0.5, 0.6) is 0 Å². The third kappa shape index (κ3) is 2.16. The average Bonchev–Trinajstić information content (AvgIpc) is 2.36. The van der Waals surface area contributed by atoms with E-state index in [9.17, 15) is 5.11 Å². The first-order chi connectivity index (χ1) is 8.07. The van der Waals surface area contributed by atoms with E-state index in [1.807, 2.05) is 27.7 Å². The molecule has 0 saturated carbocycles. The van der Waals surface area contributed by atoms with E-state index in [0.717, 1.165) is 5.56 Å². The number of hydrogen-bond acceptors (Lipinski definition) is 2. The molecule has 0 aliphatic carbocycles. The summed E-state index contributed by atoms with van der Waals surface area (Å²) in [5.41, 5.74) is -1.37. The number of hydrogen-bond donors (Lipinski definition) is 1. The lowest BCUT2D eigenvalue weighted by Gasteiger charge is -2.35. The molecule has 0 amide bonds. The van der Waals surface area contributed by atoms with Gasteiger partial charge in [0.15, 0.2) is 0 Å². The van der Waals surface area contributed by atoms with Crippen LogP contribution in [0.3, 0.4) is 0 Å². The summed E-state index contributed by atoms with van der Waals surface area (Å²) in [6.45, 7) is 7.74. The topological polar surface area (TPSA) is 29.5 Å². The first-order valence-electron chi connectivity index (χ1n) is 5.95. The molecule has 1 atom stereocenters. The van der Waals surface area contributed by atoms with E-state index in [1.54, 1.807) is 18.2 Å². The Morgan fingerprint density at radius 3 is 2.17 bits per heavy atom. The minimum absolute atomic E-state index is 0.371. The van der Waals surface area contributed by atoms with Gasteiger partial charge in [0.1, 0.15) is 5.60 Å². The molecule has 100 valence electrons. The zero-order chi connectivity index (χ0) is 13.8. The fourth-order valence-electron chi connectivity index (χ4n) is 2.84. The van der Waals surface area contributed by atoms with Gasteiger partial charge >= 0.3 is 0 Å². The molecule has 1 aliphatic heterocycles. The summed E-state index contributed by atoms with van der Waals surface area (Å²) >= 11 is 11.9. The van der Waals surface area contributed by atoms with E-state index in [0.29, 0.717) is 16.5 Å². The first-order valence-corrected chi connectivity index (χ1v) is 6.71. The number of halogens is 2. The van der Waals surface area contributed by atoms with E-state index in [-0.39, 0.29) is 5.60 Å². The van der Waals surface area contributed by atoms with Crippen LogP contribution in [0.25, 0.3) is 0 Å². The van der Waals surface area contributed by atoms with E-state index in [1.165, 1.54) is 0 Å². The molecular weight excluding hydrogens is 271 g/mol. The Morgan fingerprint density at radius 2 is 1.72 bits per heavy atom. The van der Waals surface area contributed by atoms with Crippen LogP contribution in [0.4, 0.5) is 0 Å². The van der Waals surface area contributed by atoms with E-state index < -0.39 is 11.2 Å². The Kier molecular flexibility index (Phi) is 3.22. The SMILES string of the molecule is CC1(C)CC(O)(c2ccc(Cl)c(Cl)c2)C(C)(C)O1. The molecule has 1 fully saturated rings. The Morgan fingerprint density at radius 1 is 1.11 bits per heavy atom. The van der Waals surface area contributed by atoms with E-state index >= 15 is 0 Å². The van der Waals surface area contributed by atoms with Gasteiger partial charge in [-0.05, 0) is 45.4 Å². The maximum absolute atomic E-state index is 11.0. The summed E-state index contributed by atoms with van der Waals surface area (Å²) in [4.78, 5) is 0. The molecule has 0 aromatic heterocycles. The molecule has 1 aliphatic rings. The highest BCUT2D eigenvalue weighted by Crippen LogP contribution is 2.51. The lowest BCUT2D eigenvalue weighted by Crippen LogP contribution is -2.43. The van der Waals surface area contributed by atoms with Crippen molar-refractivity contribution in [2.75, 3.05) is 0 Å². The minimum Gasteiger partial charge on any atom is -0.382 e. The Labute approximate surface area is 118 Å². The van der Waals surface area contributed by atoms with Gasteiger partial charge in [-0.3, -0.25) is 0 Å². The Hall–Kier alpha value is -0.280. The molecule has 1 unspecified atom stereocenters. The fraction of sp³-hybridized carbons (Fsp3) is 0.571. The summed E-state index contributed by atoms with van der Waals surface area (Å²) in [5, 5.41) is 11.9. The molecule has 1 saturated heterocycles. The maximum Gasteiger partial charge on any atom is 0.121 e. The van der Waals surface area contributed by atoms with Crippen molar-refractivity contribution in [3.8, 4) is 0 Å². The molecule has 1 heterocycles. The molecule has 4 heteroatoms. The Balaban J connectivity index is 2.51. The summed E-state index contributed by atoms with van der Waals surface area (Å²) in [5.74, 6) is 0. The fourth-order valence-corrected chi connectivity index (χ4v) is 3.14. The normalized spacial score (nSPS) is 29.5. The molecule has 18 heavy (non-hydrogen) atoms. The van der Waals surface area contributed by atoms with Gasteiger partial charge in [-0.25, -0.2) is 0 Å². The molecule has 2 nitrogen and oxygen atoms in total. The smallest absolute Gasteiger partial charge is 0.121 e. The highest BCUT2D eigenvalue weighted by Gasteiger charge is 2.57. The van der Waals surface area contributed by atoms with Gasteiger partial charge in [-0.2, -0.15) is 0 Å².